The lowest BCUT2D eigenvalue weighted by Gasteiger charge is -2.18. The Hall–Kier alpha value is -1.03. The fraction of sp³-hybridized carbons (Fsp3) is 0.333. The summed E-state index contributed by atoms with van der Waals surface area (Å²) in [5, 5.41) is 0. The van der Waals surface area contributed by atoms with Crippen molar-refractivity contribution in [3.8, 4) is 0 Å². The molecule has 0 saturated heterocycles. The van der Waals surface area contributed by atoms with Gasteiger partial charge in [-0.15, -0.1) is 0 Å². The van der Waals surface area contributed by atoms with Gasteiger partial charge in [0, 0.05) is 0 Å². The van der Waals surface area contributed by atoms with Gasteiger partial charge in [0.2, 0.25) is 0 Å². The van der Waals surface area contributed by atoms with E-state index in [-0.39, 0.29) is 5.56 Å². The van der Waals surface area contributed by atoms with Crippen molar-refractivity contribution in [1.29, 1.82) is 0 Å². The molecule has 0 radical (unpaired) electrons. The average molecular weight is 189 g/mol. The molecule has 0 heterocycles. The summed E-state index contributed by atoms with van der Waals surface area (Å²) in [5.74, 6) is -3.48. The van der Waals surface area contributed by atoms with Gasteiger partial charge in [-0.25, -0.2) is 13.2 Å². The van der Waals surface area contributed by atoms with Crippen molar-refractivity contribution in [3.05, 3.63) is 35.9 Å². The van der Waals surface area contributed by atoms with E-state index in [9.17, 15) is 13.2 Å². The van der Waals surface area contributed by atoms with E-state index in [1.807, 2.05) is 0 Å². The summed E-state index contributed by atoms with van der Waals surface area (Å²) in [4.78, 5) is 0. The van der Waals surface area contributed by atoms with Gasteiger partial charge >= 0.3 is 0 Å². The third-order valence-corrected chi connectivity index (χ3v) is 1.74. The Labute approximate surface area is 74.4 Å². The number of hydrogen-bond acceptors (Lipinski definition) is 1. The van der Waals surface area contributed by atoms with Crippen molar-refractivity contribution in [2.24, 2.45) is 5.73 Å². The minimum atomic E-state index is -3.48. The largest absolute Gasteiger partial charge is 0.325 e. The Morgan fingerprint density at radius 1 is 1.23 bits per heavy atom. The maximum absolute atomic E-state index is 13.1. The molecule has 0 bridgehead atoms. The zero-order valence-corrected chi connectivity index (χ0v) is 6.88. The monoisotopic (exact) mass is 189 g/mol. The van der Waals surface area contributed by atoms with E-state index in [1.54, 1.807) is 6.07 Å². The number of hydrogen-bond donors (Lipinski definition) is 1. The Morgan fingerprint density at radius 2 is 1.77 bits per heavy atom. The molecule has 0 aromatic heterocycles. The van der Waals surface area contributed by atoms with Gasteiger partial charge in [-0.2, -0.15) is 0 Å². The second kappa shape index (κ2) is 3.79. The van der Waals surface area contributed by atoms with Crippen molar-refractivity contribution in [1.82, 2.24) is 0 Å². The molecular weight excluding hydrogens is 179 g/mol. The summed E-state index contributed by atoms with van der Waals surface area (Å²) in [6, 6.07) is 7.28. The predicted molar refractivity (Wildman–Crippen MR) is 44.3 cm³/mol. The minimum absolute atomic E-state index is 0.0436. The van der Waals surface area contributed by atoms with Gasteiger partial charge in [0.15, 0.2) is 6.17 Å². The Kier molecular flexibility index (Phi) is 2.93. The molecule has 1 unspecified atom stereocenters. The first-order valence-corrected chi connectivity index (χ1v) is 3.85. The van der Waals surface area contributed by atoms with Crippen LogP contribution in [0.15, 0.2) is 30.3 Å². The quantitative estimate of drug-likeness (QED) is 0.775. The first-order chi connectivity index (χ1) is 6.08. The number of nitrogens with two attached hydrogens (primary N) is 1. The van der Waals surface area contributed by atoms with Gasteiger partial charge in [-0.05, 0) is 5.56 Å². The molecule has 1 aromatic carbocycles. The van der Waals surface area contributed by atoms with Gasteiger partial charge < -0.3 is 5.73 Å². The number of halogens is 3. The molecular formula is C9H10F3N. The van der Waals surface area contributed by atoms with Gasteiger partial charge in [-0.3, -0.25) is 0 Å². The van der Waals surface area contributed by atoms with Crippen molar-refractivity contribution >= 4 is 0 Å². The fourth-order valence-electron chi connectivity index (χ4n) is 0.969. The molecule has 0 aliphatic carbocycles. The van der Waals surface area contributed by atoms with Crippen LogP contribution in [0, 0.1) is 0 Å². The maximum atomic E-state index is 13.1. The zero-order valence-electron chi connectivity index (χ0n) is 6.88. The van der Waals surface area contributed by atoms with E-state index in [1.165, 1.54) is 24.3 Å². The van der Waals surface area contributed by atoms with Crippen LogP contribution in [0.5, 0.6) is 0 Å². The predicted octanol–water partition coefficient (Wildman–Crippen LogP) is 2.29. The normalized spacial score (nSPS) is 14.2. The molecule has 0 aliphatic heterocycles. The molecule has 1 atom stereocenters. The molecule has 13 heavy (non-hydrogen) atoms. The highest BCUT2D eigenvalue weighted by atomic mass is 19.3. The molecule has 1 aromatic rings. The van der Waals surface area contributed by atoms with Crippen molar-refractivity contribution < 1.29 is 13.2 Å². The van der Waals surface area contributed by atoms with Crippen LogP contribution < -0.4 is 5.73 Å². The van der Waals surface area contributed by atoms with Crippen LogP contribution in [0.3, 0.4) is 0 Å². The molecule has 4 heteroatoms. The topological polar surface area (TPSA) is 26.0 Å². The SMILES string of the molecule is NCC(F)(F)C(F)c1ccccc1. The highest BCUT2D eigenvalue weighted by molar-refractivity contribution is 5.19. The van der Waals surface area contributed by atoms with E-state index in [0.29, 0.717) is 0 Å². The Balaban J connectivity index is 2.85. The molecule has 2 N–H and O–H groups in total. The maximum Gasteiger partial charge on any atom is 0.294 e. The van der Waals surface area contributed by atoms with Crippen molar-refractivity contribution in [2.45, 2.75) is 12.1 Å². The third kappa shape index (κ3) is 2.21. The smallest absolute Gasteiger partial charge is 0.294 e. The standard InChI is InChI=1S/C9H10F3N/c10-8(9(11,12)6-13)7-4-2-1-3-5-7/h1-5,8H,6,13H2. The molecule has 1 nitrogen and oxygen atoms in total. The van der Waals surface area contributed by atoms with Gasteiger partial charge in [0.05, 0.1) is 6.54 Å². The second-order valence-corrected chi connectivity index (χ2v) is 2.74. The molecule has 0 amide bonds. The summed E-state index contributed by atoms with van der Waals surface area (Å²) in [5.41, 5.74) is 4.71. The van der Waals surface area contributed by atoms with Gasteiger partial charge in [0.25, 0.3) is 5.92 Å². The van der Waals surface area contributed by atoms with Crippen molar-refractivity contribution in [3.63, 3.8) is 0 Å². The number of rotatable bonds is 3. The third-order valence-electron chi connectivity index (χ3n) is 1.74. The first-order valence-electron chi connectivity index (χ1n) is 3.85. The van der Waals surface area contributed by atoms with E-state index in [0.717, 1.165) is 0 Å². The molecule has 72 valence electrons. The van der Waals surface area contributed by atoms with Crippen LogP contribution >= 0.6 is 0 Å². The van der Waals surface area contributed by atoms with Gasteiger partial charge in [0.1, 0.15) is 0 Å². The van der Waals surface area contributed by atoms with Crippen LogP contribution in [0.2, 0.25) is 0 Å². The molecule has 0 spiro atoms. The van der Waals surface area contributed by atoms with E-state index in [2.05, 4.69) is 0 Å². The first kappa shape index (κ1) is 10.1. The molecule has 1 rings (SSSR count). The highest BCUT2D eigenvalue weighted by Crippen LogP contribution is 2.33. The lowest BCUT2D eigenvalue weighted by atomic mass is 10.1. The van der Waals surface area contributed by atoms with E-state index in [4.69, 9.17) is 5.73 Å². The summed E-state index contributed by atoms with van der Waals surface area (Å²) in [7, 11) is 0. The summed E-state index contributed by atoms with van der Waals surface area (Å²) in [6.45, 7) is -0.983. The highest BCUT2D eigenvalue weighted by Gasteiger charge is 2.39. The number of benzene rings is 1. The Bertz CT molecular complexity index is 261. The summed E-state index contributed by atoms with van der Waals surface area (Å²) >= 11 is 0. The fourth-order valence-corrected chi connectivity index (χ4v) is 0.969. The van der Waals surface area contributed by atoms with Gasteiger partial charge in [-0.1, -0.05) is 30.3 Å². The Morgan fingerprint density at radius 3 is 2.23 bits per heavy atom. The number of alkyl halides is 3. The van der Waals surface area contributed by atoms with E-state index < -0.39 is 18.6 Å². The van der Waals surface area contributed by atoms with Crippen LogP contribution in [0.4, 0.5) is 13.2 Å². The minimum Gasteiger partial charge on any atom is -0.325 e. The summed E-state index contributed by atoms with van der Waals surface area (Å²) in [6.07, 6.45) is -2.32. The summed E-state index contributed by atoms with van der Waals surface area (Å²) < 4.78 is 38.5. The second-order valence-electron chi connectivity index (χ2n) is 2.74. The van der Waals surface area contributed by atoms with Crippen LogP contribution in [-0.2, 0) is 0 Å². The molecule has 0 fully saturated rings. The van der Waals surface area contributed by atoms with Crippen LogP contribution in [-0.4, -0.2) is 12.5 Å². The molecule has 0 aliphatic rings. The van der Waals surface area contributed by atoms with E-state index >= 15 is 0 Å². The van der Waals surface area contributed by atoms with Crippen LogP contribution in [0.25, 0.3) is 0 Å². The molecule has 0 saturated carbocycles. The zero-order chi connectivity index (χ0) is 9.90. The van der Waals surface area contributed by atoms with Crippen LogP contribution in [0.1, 0.15) is 11.7 Å². The van der Waals surface area contributed by atoms with Crippen molar-refractivity contribution in [2.75, 3.05) is 6.54 Å². The average Bonchev–Trinajstić information content (AvgIpc) is 2.18. The lowest BCUT2D eigenvalue weighted by molar-refractivity contribution is -0.0651. The lowest BCUT2D eigenvalue weighted by Crippen LogP contribution is -2.32.